The lowest BCUT2D eigenvalue weighted by Gasteiger charge is -2.45. The third kappa shape index (κ3) is 5.13. The molecule has 2 rings (SSSR count). The van der Waals surface area contributed by atoms with E-state index in [0.717, 1.165) is 28.5 Å². The highest BCUT2D eigenvalue weighted by Gasteiger charge is 2.65. The molecule has 34 heavy (non-hydrogen) atoms. The maximum atomic E-state index is 15.0. The van der Waals surface area contributed by atoms with Crippen molar-refractivity contribution in [2.24, 2.45) is 11.3 Å². The first-order valence-electron chi connectivity index (χ1n) is 11.8. The first-order valence-corrected chi connectivity index (χ1v) is 11.8. The predicted octanol–water partition coefficient (Wildman–Crippen LogP) is 22.8. The number of hydrogen-bond donors (Lipinski definition) is 2. The molecular weight excluding hydrogens is 445 g/mol. The zero-order valence-corrected chi connectivity index (χ0v) is 21.8. The summed E-state index contributed by atoms with van der Waals surface area (Å²) in [5.74, 6) is -1.12. The molecule has 1 aromatic heterocycles. The Balaban J connectivity index is -0.00000000209. The Morgan fingerprint density at radius 3 is 2.50 bits per heavy atom. The van der Waals surface area contributed by atoms with Crippen molar-refractivity contribution in [1.82, 2.24) is 9.55 Å². The van der Waals surface area contributed by atoms with Gasteiger partial charge in [0, 0.05) is 118 Å². The van der Waals surface area contributed by atoms with Gasteiger partial charge in [0.2, 0.25) is 0 Å². The van der Waals surface area contributed by atoms with Crippen molar-refractivity contribution in [3.05, 3.63) is 22.5 Å². The van der Waals surface area contributed by atoms with Gasteiger partial charge < -0.3 is 19.7 Å². The SMILES string of the molecule is CCCC(C)CC(C)OC(=O)N(C)c1nc(=O)n([C@@H]2O[C@](C)(C(C)(C)C)[C@@](C)(O)[C@H]2O)cc1F.[HH].[HH].[HH].[HH].[HH].[HH].[HH].[HH].[HH].[HH].[HH].[HH].[HH].[HH].[HH].[HH].[HH].[HH].[HH].[HH].[HH].[HH].[HH].[HH].[HH].[HH].[HH].[HH].[HH].[HH].[HH].[HH].[HH].[HH].[HH].[HH].[HH].[HH].[HH].[HH].[HH].[HH].[HH].[HH].[HH].[HH].[HH].[HH].[HH].[HH].[HH].[HH].[HH].[HH].[HH].[HH].[HH].[HH].[HH].[HH].[HH].[HH].[HH].[HH].[HH].[HH].[HH].[HH].[HH].[HH].[HH].[HH].[HH].[HH].[HH].[HH].[HH].[HH]. The minimum atomic E-state index is -1.74. The van der Waals surface area contributed by atoms with Gasteiger partial charge in [0.15, 0.2) is 17.9 Å². The molecule has 1 amide bonds. The van der Waals surface area contributed by atoms with E-state index < -0.39 is 52.4 Å². The molecule has 6 atom stereocenters. The molecule has 1 aliphatic heterocycles. The quantitative estimate of drug-likeness (QED) is 0.304. The minimum absolute atomic E-state index is 0. The fraction of sp³-hybridized carbons (Fsp3) is 0.792. The second-order valence-electron chi connectivity index (χ2n) is 10.9. The Hall–Kier alpha value is -2.04. The highest BCUT2D eigenvalue weighted by atomic mass is 19.1. The summed E-state index contributed by atoms with van der Waals surface area (Å²) in [4.78, 5) is 29.9. The van der Waals surface area contributed by atoms with Crippen molar-refractivity contribution < 1.29 is 140 Å². The molecule has 2 N–H and O–H groups in total. The van der Waals surface area contributed by atoms with E-state index in [2.05, 4.69) is 18.8 Å². The average molecular weight is 643 g/mol. The van der Waals surface area contributed by atoms with E-state index in [1.807, 2.05) is 20.8 Å². The lowest BCUT2D eigenvalue weighted by Crippen LogP contribution is -2.59. The summed E-state index contributed by atoms with van der Waals surface area (Å²) in [6, 6.07) is 0. The molecule has 350 valence electrons. The number of aliphatic hydroxyl groups is 2. The van der Waals surface area contributed by atoms with Gasteiger partial charge in [-0.2, -0.15) is 4.98 Å². The molecule has 1 fully saturated rings. The van der Waals surface area contributed by atoms with Crippen molar-refractivity contribution in [3.63, 3.8) is 0 Å². The third-order valence-corrected chi connectivity index (χ3v) is 7.17. The Kier molecular flexibility index (Phi) is 8.22. The lowest BCUT2D eigenvalue weighted by molar-refractivity contribution is -0.183. The van der Waals surface area contributed by atoms with Crippen LogP contribution in [0.1, 0.15) is 192 Å². The van der Waals surface area contributed by atoms with Crippen molar-refractivity contribution in [3.8, 4) is 0 Å². The smallest absolute Gasteiger partial charge is 0.415 e. The van der Waals surface area contributed by atoms with Gasteiger partial charge in [-0.3, -0.25) is 9.47 Å². The topological polar surface area (TPSA) is 114 Å². The van der Waals surface area contributed by atoms with Crippen LogP contribution in [-0.2, 0) is 9.47 Å². The summed E-state index contributed by atoms with van der Waals surface area (Å²) >= 11 is 0. The van der Waals surface area contributed by atoms with Gasteiger partial charge in [0.1, 0.15) is 23.4 Å². The van der Waals surface area contributed by atoms with Gasteiger partial charge in [-0.05, 0) is 38.5 Å². The molecule has 1 saturated heterocycles. The van der Waals surface area contributed by atoms with Crippen LogP contribution in [0.3, 0.4) is 0 Å². The summed E-state index contributed by atoms with van der Waals surface area (Å²) in [7, 11) is 1.27. The molecule has 0 spiro atoms. The molecule has 1 aromatic rings. The summed E-state index contributed by atoms with van der Waals surface area (Å²) in [6.45, 7) is 14.4. The highest BCUT2D eigenvalue weighted by Crippen LogP contribution is 2.52. The van der Waals surface area contributed by atoms with Gasteiger partial charge >= 0.3 is 11.8 Å². The number of rotatable bonds is 7. The molecule has 9 nitrogen and oxygen atoms in total. The number of nitrogens with zero attached hydrogens (tertiary/aromatic N) is 3. The van der Waals surface area contributed by atoms with E-state index in [4.69, 9.17) is 9.47 Å². The highest BCUT2D eigenvalue weighted by molar-refractivity contribution is 5.85. The number of halogens is 1. The van der Waals surface area contributed by atoms with Gasteiger partial charge in [0.25, 0.3) is 0 Å². The number of ether oxygens (including phenoxy) is 2. The second-order valence-corrected chi connectivity index (χ2v) is 10.9. The van der Waals surface area contributed by atoms with Crippen molar-refractivity contribution in [2.75, 3.05) is 11.9 Å². The maximum absolute atomic E-state index is 15.0. The summed E-state index contributed by atoms with van der Waals surface area (Å²) in [5.41, 5.74) is -4.57. The summed E-state index contributed by atoms with van der Waals surface area (Å²) in [6.07, 6.45) is -0.623. The standard InChI is InChI=1S/C24H40FN3O6.78H2/c1-10-11-14(2)12-15(3)33-21(31)27(9)18-16(25)13-28(20(30)26-18)19-17(29)23(7,32)24(8,34-19)22(4,5)6;;;;;;;;;;;;;;;;;;;;;;;;;;;;;;;;;;;;;;;;;;;;;;;;;;;;;;;;;;;;;;;;;;;;;;;;;;;;;;/h13-15,17,19,29,32H,10-12H2,1-9H3;78*1H/t14?,15?,17-,19+,23-,24+;;;;;;;;;;;;;;;;;;;;;;;;;;;;;;;;;;;;;;;;;;;;;;;;;;;;;;;;;;;;;;;;;;;;;;;;;;;;;;/m0............................................................................../s1. The molecule has 2 heterocycles. The third-order valence-electron chi connectivity index (χ3n) is 7.17. The van der Waals surface area contributed by atoms with E-state index >= 15 is 4.39 Å². The van der Waals surface area contributed by atoms with Crippen molar-refractivity contribution in [2.45, 2.75) is 104 Å². The Bertz CT molecular complexity index is 1040. The first-order chi connectivity index (χ1) is 15.5. The molecule has 2 unspecified atom stereocenters. The summed E-state index contributed by atoms with van der Waals surface area (Å²) in [5, 5.41) is 21.8. The molecule has 1 aliphatic rings. The van der Waals surface area contributed by atoms with Crippen LogP contribution in [0.4, 0.5) is 15.0 Å². The number of carbonyl (C=O) groups is 1. The molecular formula is C24H196FN3O6. The van der Waals surface area contributed by atoms with Crippen LogP contribution < -0.4 is 10.6 Å². The minimum Gasteiger partial charge on any atom is -0.446 e. The molecule has 0 radical (unpaired) electrons. The summed E-state index contributed by atoms with van der Waals surface area (Å²) < 4.78 is 27.2. The monoisotopic (exact) mass is 643 g/mol. The predicted molar refractivity (Wildman–Crippen MR) is 291 cm³/mol. The van der Waals surface area contributed by atoms with E-state index in [-0.39, 0.29) is 117 Å². The van der Waals surface area contributed by atoms with Gasteiger partial charge in [-0.15, -0.1) is 0 Å². The van der Waals surface area contributed by atoms with Crippen LogP contribution in [0.5, 0.6) is 0 Å². The molecule has 0 aromatic carbocycles. The van der Waals surface area contributed by atoms with Gasteiger partial charge in [0.05, 0.1) is 6.20 Å². The molecule has 0 saturated carbocycles. The average Bonchev–Trinajstić information content (AvgIpc) is 2.89. The number of aromatic nitrogens is 2. The molecule has 0 aliphatic carbocycles. The van der Waals surface area contributed by atoms with E-state index in [1.165, 1.54) is 14.0 Å². The van der Waals surface area contributed by atoms with Gasteiger partial charge in [-0.1, -0.05) is 47.5 Å². The van der Waals surface area contributed by atoms with Crippen LogP contribution >= 0.6 is 0 Å². The van der Waals surface area contributed by atoms with Crippen LogP contribution in [0, 0.1) is 17.2 Å². The van der Waals surface area contributed by atoms with Crippen LogP contribution in [0.25, 0.3) is 0 Å². The first kappa shape index (κ1) is 28.2. The van der Waals surface area contributed by atoms with Crippen molar-refractivity contribution in [1.29, 1.82) is 0 Å². The molecule has 0 bridgehead atoms. The lowest BCUT2D eigenvalue weighted by atomic mass is 9.67. The van der Waals surface area contributed by atoms with E-state index in [9.17, 15) is 19.8 Å². The van der Waals surface area contributed by atoms with Crippen LogP contribution in [0.2, 0.25) is 0 Å². The Morgan fingerprint density at radius 2 is 2.00 bits per heavy atom. The Morgan fingerprint density at radius 1 is 1.41 bits per heavy atom. The van der Waals surface area contributed by atoms with E-state index in [1.54, 1.807) is 13.8 Å². The zero-order chi connectivity index (χ0) is 26.2. The normalized spacial score (nSPS) is 29.1. The number of aliphatic hydroxyl groups excluding tert-OH is 1. The number of amides is 1. The second kappa shape index (κ2) is 9.91. The van der Waals surface area contributed by atoms with Crippen LogP contribution in [-0.4, -0.2) is 56.3 Å². The van der Waals surface area contributed by atoms with Crippen molar-refractivity contribution >= 4 is 11.9 Å². The fourth-order valence-electron chi connectivity index (χ4n) is 4.55. The van der Waals surface area contributed by atoms with Gasteiger partial charge in [-0.25, -0.2) is 14.0 Å². The van der Waals surface area contributed by atoms with Crippen LogP contribution in [0.15, 0.2) is 11.0 Å². The number of hydrogen-bond acceptors (Lipinski definition) is 7. The van der Waals surface area contributed by atoms with E-state index in [0.29, 0.717) is 12.3 Å². The Labute approximate surface area is 316 Å². The maximum Gasteiger partial charge on any atom is 0.415 e. The zero-order valence-electron chi connectivity index (χ0n) is 21.8. The largest absolute Gasteiger partial charge is 0.446 e. The number of carbonyl (C=O) groups excluding carboxylic acids is 1. The number of anilines is 1. The fourth-order valence-corrected chi connectivity index (χ4v) is 4.55. The molecule has 10 heteroatoms.